The molecule has 0 unspecified atom stereocenters. The smallest absolute Gasteiger partial charge is 0.0407 e. The molecule has 0 nitrogen and oxygen atoms in total. The molecule has 0 aromatic rings. The molecule has 0 saturated heterocycles. The van der Waals surface area contributed by atoms with Gasteiger partial charge >= 0.3 is 0 Å². The van der Waals surface area contributed by atoms with Crippen molar-refractivity contribution in [3.05, 3.63) is 35.3 Å². The molecule has 0 rings (SSSR count). The van der Waals surface area contributed by atoms with Gasteiger partial charge in [-0.2, -0.15) is 0 Å². The van der Waals surface area contributed by atoms with Crippen LogP contribution < -0.4 is 0 Å². The topological polar surface area (TPSA) is 0 Å². The molecule has 0 bridgehead atoms. The molecule has 0 aliphatic carbocycles. The molecule has 0 saturated carbocycles. The first-order chi connectivity index (χ1) is 5.20. The molecule has 0 radical (unpaired) electrons. The molecular formula is C9H13ClS. The number of thioether (sulfide) groups is 1. The minimum Gasteiger partial charge on any atom is -0.130 e. The van der Waals surface area contributed by atoms with Gasteiger partial charge in [-0.15, -0.1) is 23.4 Å². The van der Waals surface area contributed by atoms with E-state index in [1.165, 1.54) is 4.91 Å². The number of halogens is 1. The molecule has 0 atom stereocenters. The summed E-state index contributed by atoms with van der Waals surface area (Å²) in [5.74, 6) is 0.564. The van der Waals surface area contributed by atoms with Crippen LogP contribution in [-0.4, -0.2) is 12.1 Å². The lowest BCUT2D eigenvalue weighted by molar-refractivity contribution is 1.55. The van der Waals surface area contributed by atoms with Crippen molar-refractivity contribution in [3.63, 3.8) is 0 Å². The predicted molar refractivity (Wildman–Crippen MR) is 56.3 cm³/mol. The fourth-order valence-corrected chi connectivity index (χ4v) is 1.22. The van der Waals surface area contributed by atoms with Crippen molar-refractivity contribution < 1.29 is 0 Å². The van der Waals surface area contributed by atoms with Crippen LogP contribution in [-0.2, 0) is 0 Å². The number of rotatable bonds is 4. The fraction of sp³-hybridized carbons (Fsp3) is 0.333. The Morgan fingerprint density at radius 1 is 1.64 bits per heavy atom. The molecule has 0 aromatic heterocycles. The highest BCUT2D eigenvalue weighted by Gasteiger charge is 1.86. The lowest BCUT2D eigenvalue weighted by Crippen LogP contribution is -1.71. The third-order valence-electron chi connectivity index (χ3n) is 0.996. The van der Waals surface area contributed by atoms with E-state index in [2.05, 4.69) is 6.58 Å². The summed E-state index contributed by atoms with van der Waals surface area (Å²) in [7, 11) is 0. The molecule has 0 fully saturated rings. The Labute approximate surface area is 78.0 Å². The van der Waals surface area contributed by atoms with Gasteiger partial charge in [0.1, 0.15) is 0 Å². The van der Waals surface area contributed by atoms with Gasteiger partial charge in [-0.3, -0.25) is 0 Å². The van der Waals surface area contributed by atoms with Crippen LogP contribution in [0.1, 0.15) is 6.92 Å². The van der Waals surface area contributed by atoms with E-state index in [4.69, 9.17) is 11.6 Å². The summed E-state index contributed by atoms with van der Waals surface area (Å²) in [5.41, 5.74) is 1.06. The third-order valence-corrected chi connectivity index (χ3v) is 1.90. The van der Waals surface area contributed by atoms with E-state index in [0.29, 0.717) is 5.88 Å². The van der Waals surface area contributed by atoms with Gasteiger partial charge in [-0.1, -0.05) is 24.3 Å². The Morgan fingerprint density at radius 2 is 2.27 bits per heavy atom. The standard InChI is InChI=1S/C9H13ClS/c1-8(2)7-9(11-3)5-4-6-10/h4-5,7H,1,6H2,2-3H3/b5-4-,9-7+. The lowest BCUT2D eigenvalue weighted by atomic mass is 10.3. The Bertz CT molecular complexity index is 180. The maximum atomic E-state index is 5.49. The Kier molecular flexibility index (Phi) is 6.48. The predicted octanol–water partition coefficient (Wildman–Crippen LogP) is 3.60. The Hall–Kier alpha value is -0.140. The Balaban J connectivity index is 4.16. The molecule has 0 amide bonds. The molecule has 0 aromatic carbocycles. The van der Waals surface area contributed by atoms with E-state index in [0.717, 1.165) is 5.57 Å². The Morgan fingerprint density at radius 3 is 2.64 bits per heavy atom. The highest BCUT2D eigenvalue weighted by molar-refractivity contribution is 8.02. The monoisotopic (exact) mass is 188 g/mol. The zero-order valence-electron chi connectivity index (χ0n) is 6.93. The van der Waals surface area contributed by atoms with Crippen molar-refractivity contribution in [2.45, 2.75) is 6.92 Å². The van der Waals surface area contributed by atoms with Crippen LogP contribution in [0.25, 0.3) is 0 Å². The third kappa shape index (κ3) is 6.27. The summed E-state index contributed by atoms with van der Waals surface area (Å²) in [4.78, 5) is 1.19. The van der Waals surface area contributed by atoms with Gasteiger partial charge in [-0.05, 0) is 19.3 Å². The number of hydrogen-bond donors (Lipinski definition) is 0. The number of alkyl halides is 1. The normalized spacial score (nSPS) is 12.5. The molecule has 0 N–H and O–H groups in total. The quantitative estimate of drug-likeness (QED) is 0.480. The van der Waals surface area contributed by atoms with Crippen LogP contribution in [0, 0.1) is 0 Å². The van der Waals surface area contributed by atoms with E-state index in [1.807, 2.05) is 31.4 Å². The average Bonchev–Trinajstić information content (AvgIpc) is 1.97. The van der Waals surface area contributed by atoms with Crippen LogP contribution in [0.15, 0.2) is 35.3 Å². The summed E-state index contributed by atoms with van der Waals surface area (Å²) in [6.45, 7) is 5.77. The van der Waals surface area contributed by atoms with Crippen molar-refractivity contribution in [1.82, 2.24) is 0 Å². The first kappa shape index (κ1) is 10.9. The van der Waals surface area contributed by atoms with Gasteiger partial charge in [0, 0.05) is 10.8 Å². The minimum absolute atomic E-state index is 0.564. The zero-order valence-corrected chi connectivity index (χ0v) is 8.50. The van der Waals surface area contributed by atoms with Gasteiger partial charge in [0.15, 0.2) is 0 Å². The van der Waals surface area contributed by atoms with Gasteiger partial charge in [0.25, 0.3) is 0 Å². The van der Waals surface area contributed by atoms with Crippen LogP contribution in [0.3, 0.4) is 0 Å². The highest BCUT2D eigenvalue weighted by atomic mass is 35.5. The van der Waals surface area contributed by atoms with Gasteiger partial charge in [0.2, 0.25) is 0 Å². The van der Waals surface area contributed by atoms with Crippen LogP contribution in [0.5, 0.6) is 0 Å². The number of hydrogen-bond acceptors (Lipinski definition) is 1. The molecule has 2 heteroatoms. The van der Waals surface area contributed by atoms with E-state index in [9.17, 15) is 0 Å². The second-order valence-corrected chi connectivity index (χ2v) is 3.34. The molecule has 0 aliphatic heterocycles. The highest BCUT2D eigenvalue weighted by Crippen LogP contribution is 2.14. The van der Waals surface area contributed by atoms with Crippen molar-refractivity contribution in [3.8, 4) is 0 Å². The van der Waals surface area contributed by atoms with Gasteiger partial charge in [-0.25, -0.2) is 0 Å². The first-order valence-corrected chi connectivity index (χ1v) is 5.10. The van der Waals surface area contributed by atoms with Gasteiger partial charge in [0.05, 0.1) is 0 Å². The molecule has 62 valence electrons. The van der Waals surface area contributed by atoms with Crippen molar-refractivity contribution >= 4 is 23.4 Å². The summed E-state index contributed by atoms with van der Waals surface area (Å²) in [5, 5.41) is 0. The second-order valence-electron chi connectivity index (χ2n) is 2.15. The molecule has 0 aliphatic rings. The van der Waals surface area contributed by atoms with E-state index >= 15 is 0 Å². The second kappa shape index (κ2) is 6.56. The van der Waals surface area contributed by atoms with E-state index in [-0.39, 0.29) is 0 Å². The largest absolute Gasteiger partial charge is 0.130 e. The van der Waals surface area contributed by atoms with E-state index in [1.54, 1.807) is 11.8 Å². The molecule has 0 heterocycles. The summed E-state index contributed by atoms with van der Waals surface area (Å²) >= 11 is 7.19. The number of allylic oxidation sites excluding steroid dienone is 4. The van der Waals surface area contributed by atoms with Crippen LogP contribution in [0.2, 0.25) is 0 Å². The van der Waals surface area contributed by atoms with Gasteiger partial charge < -0.3 is 0 Å². The summed E-state index contributed by atoms with van der Waals surface area (Å²) in [6.07, 6.45) is 8.00. The summed E-state index contributed by atoms with van der Waals surface area (Å²) in [6, 6.07) is 0. The maximum absolute atomic E-state index is 5.49. The van der Waals surface area contributed by atoms with Crippen LogP contribution >= 0.6 is 23.4 Å². The van der Waals surface area contributed by atoms with Crippen molar-refractivity contribution in [1.29, 1.82) is 0 Å². The zero-order chi connectivity index (χ0) is 8.69. The average molecular weight is 189 g/mol. The van der Waals surface area contributed by atoms with Crippen LogP contribution in [0.4, 0.5) is 0 Å². The lowest BCUT2D eigenvalue weighted by Gasteiger charge is -1.95. The first-order valence-electron chi connectivity index (χ1n) is 3.34. The van der Waals surface area contributed by atoms with Crippen molar-refractivity contribution in [2.24, 2.45) is 0 Å². The molecule has 11 heavy (non-hydrogen) atoms. The van der Waals surface area contributed by atoms with Crippen molar-refractivity contribution in [2.75, 3.05) is 12.1 Å². The fourth-order valence-electron chi connectivity index (χ4n) is 0.579. The molecular weight excluding hydrogens is 176 g/mol. The maximum Gasteiger partial charge on any atom is 0.0407 e. The SMILES string of the molecule is C=C(C)/C=C(\C=C/CCl)SC. The minimum atomic E-state index is 0.564. The molecule has 0 spiro atoms. The van der Waals surface area contributed by atoms with E-state index < -0.39 is 0 Å². The summed E-state index contributed by atoms with van der Waals surface area (Å²) < 4.78 is 0.